The molecule has 0 aromatic heterocycles. The highest BCUT2D eigenvalue weighted by molar-refractivity contribution is 5.79. The maximum Gasteiger partial charge on any atom is 0.573 e. The largest absolute Gasteiger partial charge is 0.573 e. The molecule has 0 aliphatic heterocycles. The minimum absolute atomic E-state index is 0.0255. The van der Waals surface area contributed by atoms with E-state index < -0.39 is 12.1 Å². The topological polar surface area (TPSA) is 44.8 Å². The molecule has 134 valence electrons. The van der Waals surface area contributed by atoms with Gasteiger partial charge < -0.3 is 14.2 Å². The predicted octanol–water partition coefficient (Wildman–Crippen LogP) is 4.48. The van der Waals surface area contributed by atoms with Crippen molar-refractivity contribution in [1.29, 1.82) is 0 Å². The molecule has 0 spiro atoms. The Morgan fingerprint density at radius 1 is 1.00 bits per heavy atom. The standard InChI is InChI=1S/C18H17F3O4/c1-23-8-3-9-24-17-11-15(6-7-16(17)25-18(19,20)21)14-5-2-4-13(10-14)12-22/h2,4-7,10-12H,3,8-9H2,1H3. The predicted molar refractivity (Wildman–Crippen MR) is 85.9 cm³/mol. The number of rotatable bonds is 8. The molecular weight excluding hydrogens is 337 g/mol. The molecule has 7 heteroatoms. The van der Waals surface area contributed by atoms with Crippen molar-refractivity contribution < 1.29 is 32.2 Å². The SMILES string of the molecule is COCCCOc1cc(-c2cccc(C=O)c2)ccc1OC(F)(F)F. The van der Waals surface area contributed by atoms with Gasteiger partial charge in [-0.1, -0.05) is 24.3 Å². The summed E-state index contributed by atoms with van der Waals surface area (Å²) in [6, 6.07) is 10.9. The van der Waals surface area contributed by atoms with Crippen molar-refractivity contribution in [1.82, 2.24) is 0 Å². The van der Waals surface area contributed by atoms with E-state index in [-0.39, 0.29) is 12.4 Å². The lowest BCUT2D eigenvalue weighted by atomic mass is 10.0. The van der Waals surface area contributed by atoms with E-state index in [0.29, 0.717) is 36.0 Å². The summed E-state index contributed by atoms with van der Waals surface area (Å²) < 4.78 is 52.0. The van der Waals surface area contributed by atoms with Gasteiger partial charge in [-0.25, -0.2) is 0 Å². The van der Waals surface area contributed by atoms with Crippen LogP contribution in [-0.4, -0.2) is 33.0 Å². The number of halogens is 3. The summed E-state index contributed by atoms with van der Waals surface area (Å²) in [6.45, 7) is 0.608. The number of alkyl halides is 3. The molecule has 0 aliphatic carbocycles. The zero-order valence-electron chi connectivity index (χ0n) is 13.5. The van der Waals surface area contributed by atoms with E-state index in [1.54, 1.807) is 24.3 Å². The van der Waals surface area contributed by atoms with E-state index in [9.17, 15) is 18.0 Å². The molecule has 0 saturated heterocycles. The van der Waals surface area contributed by atoms with Crippen LogP contribution in [-0.2, 0) is 4.74 Å². The first-order chi connectivity index (χ1) is 11.9. The quantitative estimate of drug-likeness (QED) is 0.518. The fourth-order valence-electron chi connectivity index (χ4n) is 2.19. The first-order valence-corrected chi connectivity index (χ1v) is 7.50. The highest BCUT2D eigenvalue weighted by atomic mass is 19.4. The minimum atomic E-state index is -4.82. The number of aldehydes is 1. The van der Waals surface area contributed by atoms with E-state index in [1.807, 2.05) is 0 Å². The van der Waals surface area contributed by atoms with Crippen molar-refractivity contribution >= 4 is 6.29 Å². The molecule has 0 bridgehead atoms. The molecule has 0 N–H and O–H groups in total. The van der Waals surface area contributed by atoms with E-state index in [1.165, 1.54) is 25.3 Å². The van der Waals surface area contributed by atoms with Crippen molar-refractivity contribution in [2.75, 3.05) is 20.3 Å². The third-order valence-electron chi connectivity index (χ3n) is 3.28. The molecule has 0 atom stereocenters. The van der Waals surface area contributed by atoms with Gasteiger partial charge in [0.2, 0.25) is 0 Å². The minimum Gasteiger partial charge on any atom is -0.490 e. The number of methoxy groups -OCH3 is 1. The maximum absolute atomic E-state index is 12.5. The second kappa shape index (κ2) is 8.53. The Morgan fingerprint density at radius 2 is 1.76 bits per heavy atom. The average molecular weight is 354 g/mol. The Hall–Kier alpha value is -2.54. The van der Waals surface area contributed by atoms with Crippen molar-refractivity contribution in [3.8, 4) is 22.6 Å². The summed E-state index contributed by atoms with van der Waals surface area (Å²) in [5.74, 6) is -0.442. The Kier molecular flexibility index (Phi) is 6.41. The van der Waals surface area contributed by atoms with Crippen molar-refractivity contribution in [3.63, 3.8) is 0 Å². The van der Waals surface area contributed by atoms with Crippen molar-refractivity contribution in [2.45, 2.75) is 12.8 Å². The van der Waals surface area contributed by atoms with Gasteiger partial charge in [-0.3, -0.25) is 4.79 Å². The Labute approximate surface area is 143 Å². The van der Waals surface area contributed by atoms with Gasteiger partial charge in [-0.15, -0.1) is 13.2 Å². The smallest absolute Gasteiger partial charge is 0.490 e. The fourth-order valence-corrected chi connectivity index (χ4v) is 2.19. The van der Waals surface area contributed by atoms with Crippen LogP contribution in [0.4, 0.5) is 13.2 Å². The van der Waals surface area contributed by atoms with Gasteiger partial charge >= 0.3 is 6.36 Å². The van der Waals surface area contributed by atoms with Crippen LogP contribution in [0.2, 0.25) is 0 Å². The second-order valence-electron chi connectivity index (χ2n) is 5.15. The van der Waals surface area contributed by atoms with Crippen LogP contribution < -0.4 is 9.47 Å². The number of carbonyl (C=O) groups excluding carboxylic acids is 1. The van der Waals surface area contributed by atoms with E-state index >= 15 is 0 Å². The van der Waals surface area contributed by atoms with Crippen LogP contribution in [0, 0.1) is 0 Å². The number of ether oxygens (including phenoxy) is 3. The van der Waals surface area contributed by atoms with Crippen molar-refractivity contribution in [2.24, 2.45) is 0 Å². The summed E-state index contributed by atoms with van der Waals surface area (Å²) in [4.78, 5) is 10.9. The third kappa shape index (κ3) is 5.79. The lowest BCUT2D eigenvalue weighted by Crippen LogP contribution is -2.18. The molecule has 0 radical (unpaired) electrons. The molecule has 4 nitrogen and oxygen atoms in total. The fraction of sp³-hybridized carbons (Fsp3) is 0.278. The van der Waals surface area contributed by atoms with Crippen LogP contribution >= 0.6 is 0 Å². The van der Waals surface area contributed by atoms with Gasteiger partial charge in [0, 0.05) is 25.7 Å². The Balaban J connectivity index is 2.31. The van der Waals surface area contributed by atoms with Crippen LogP contribution in [0.3, 0.4) is 0 Å². The van der Waals surface area contributed by atoms with Crippen LogP contribution in [0.5, 0.6) is 11.5 Å². The van der Waals surface area contributed by atoms with Gasteiger partial charge in [-0.05, 0) is 29.3 Å². The molecule has 2 aromatic rings. The lowest BCUT2D eigenvalue weighted by Gasteiger charge is -2.15. The number of benzene rings is 2. The lowest BCUT2D eigenvalue weighted by molar-refractivity contribution is -0.275. The first-order valence-electron chi connectivity index (χ1n) is 7.50. The second-order valence-corrected chi connectivity index (χ2v) is 5.15. The van der Waals surface area contributed by atoms with Gasteiger partial charge in [0.25, 0.3) is 0 Å². The number of hydrogen-bond acceptors (Lipinski definition) is 4. The summed E-state index contributed by atoms with van der Waals surface area (Å²) in [6.07, 6.45) is -3.59. The molecule has 2 aromatic carbocycles. The van der Waals surface area contributed by atoms with Crippen LogP contribution in [0.25, 0.3) is 11.1 Å². The van der Waals surface area contributed by atoms with Crippen LogP contribution in [0.15, 0.2) is 42.5 Å². The van der Waals surface area contributed by atoms with E-state index in [0.717, 1.165) is 0 Å². The average Bonchev–Trinajstić information content (AvgIpc) is 2.58. The molecule has 0 heterocycles. The van der Waals surface area contributed by atoms with Crippen molar-refractivity contribution in [3.05, 3.63) is 48.0 Å². The normalized spacial score (nSPS) is 11.2. The Bertz CT molecular complexity index is 714. The molecule has 0 amide bonds. The molecule has 2 rings (SSSR count). The monoisotopic (exact) mass is 354 g/mol. The van der Waals surface area contributed by atoms with Gasteiger partial charge in [0.1, 0.15) is 6.29 Å². The first kappa shape index (κ1) is 18.8. The number of carbonyl (C=O) groups is 1. The zero-order chi connectivity index (χ0) is 18.3. The summed E-state index contributed by atoms with van der Waals surface area (Å²) in [7, 11) is 1.53. The summed E-state index contributed by atoms with van der Waals surface area (Å²) in [5.41, 5.74) is 1.76. The third-order valence-corrected chi connectivity index (χ3v) is 3.28. The molecule has 0 saturated carbocycles. The van der Waals surface area contributed by atoms with Gasteiger partial charge in [-0.2, -0.15) is 0 Å². The molecule has 0 aliphatic rings. The molecule has 25 heavy (non-hydrogen) atoms. The van der Waals surface area contributed by atoms with Gasteiger partial charge in [0.15, 0.2) is 11.5 Å². The maximum atomic E-state index is 12.5. The van der Waals surface area contributed by atoms with E-state index in [2.05, 4.69) is 4.74 Å². The summed E-state index contributed by atoms with van der Waals surface area (Å²) >= 11 is 0. The van der Waals surface area contributed by atoms with Gasteiger partial charge in [0.05, 0.1) is 6.61 Å². The molecule has 0 unspecified atom stereocenters. The molecular formula is C18H17F3O4. The van der Waals surface area contributed by atoms with E-state index in [4.69, 9.17) is 9.47 Å². The summed E-state index contributed by atoms with van der Waals surface area (Å²) in [5, 5.41) is 0. The number of hydrogen-bond donors (Lipinski definition) is 0. The molecule has 0 fully saturated rings. The Morgan fingerprint density at radius 3 is 2.44 bits per heavy atom. The zero-order valence-corrected chi connectivity index (χ0v) is 13.5. The van der Waals surface area contributed by atoms with Crippen LogP contribution in [0.1, 0.15) is 16.8 Å². The highest BCUT2D eigenvalue weighted by Gasteiger charge is 2.32. The highest BCUT2D eigenvalue weighted by Crippen LogP contribution is 2.36.